The van der Waals surface area contributed by atoms with E-state index in [2.05, 4.69) is 5.32 Å². The van der Waals surface area contributed by atoms with Crippen LogP contribution in [0, 0.1) is 11.6 Å². The summed E-state index contributed by atoms with van der Waals surface area (Å²) in [6.07, 6.45) is -1.04. The van der Waals surface area contributed by atoms with E-state index in [0.29, 0.717) is 16.7 Å². The van der Waals surface area contributed by atoms with Crippen LogP contribution < -0.4 is 5.32 Å². The van der Waals surface area contributed by atoms with Crippen molar-refractivity contribution in [3.05, 3.63) is 69.2 Å². The third-order valence-electron chi connectivity index (χ3n) is 2.97. The van der Waals surface area contributed by atoms with E-state index in [1.165, 1.54) is 0 Å². The average molecular weight is 346 g/mol. The van der Waals surface area contributed by atoms with Crippen LogP contribution in [0.25, 0.3) is 0 Å². The van der Waals surface area contributed by atoms with Crippen LogP contribution in [-0.2, 0) is 0 Å². The number of rotatable bonds is 4. The monoisotopic (exact) mass is 345 g/mol. The summed E-state index contributed by atoms with van der Waals surface area (Å²) in [7, 11) is 0. The van der Waals surface area contributed by atoms with Gasteiger partial charge in [-0.15, -0.1) is 0 Å². The molecular weight excluding hydrogens is 335 g/mol. The zero-order valence-corrected chi connectivity index (χ0v) is 12.6. The van der Waals surface area contributed by atoms with Crippen molar-refractivity contribution in [1.29, 1.82) is 0 Å². The Morgan fingerprint density at radius 3 is 2.45 bits per heavy atom. The van der Waals surface area contributed by atoms with Crippen LogP contribution >= 0.6 is 23.2 Å². The topological polar surface area (TPSA) is 49.3 Å². The van der Waals surface area contributed by atoms with E-state index in [9.17, 15) is 18.7 Å². The van der Waals surface area contributed by atoms with Gasteiger partial charge in [0.2, 0.25) is 0 Å². The summed E-state index contributed by atoms with van der Waals surface area (Å²) in [5, 5.41) is 12.5. The van der Waals surface area contributed by atoms with E-state index >= 15 is 0 Å². The quantitative estimate of drug-likeness (QED) is 0.829. The van der Waals surface area contributed by atoms with Crippen molar-refractivity contribution >= 4 is 29.1 Å². The molecule has 1 atom stereocenters. The molecule has 0 bridgehead atoms. The van der Waals surface area contributed by atoms with Crippen LogP contribution in [-0.4, -0.2) is 17.6 Å². The van der Waals surface area contributed by atoms with Crippen LogP contribution in [0.2, 0.25) is 10.0 Å². The first-order chi connectivity index (χ1) is 10.4. The molecule has 22 heavy (non-hydrogen) atoms. The van der Waals surface area contributed by atoms with Gasteiger partial charge in [-0.3, -0.25) is 4.79 Å². The Kier molecular flexibility index (Phi) is 5.34. The van der Waals surface area contributed by atoms with Gasteiger partial charge < -0.3 is 10.4 Å². The lowest BCUT2D eigenvalue weighted by atomic mass is 10.1. The summed E-state index contributed by atoms with van der Waals surface area (Å²) in [4.78, 5) is 11.9. The van der Waals surface area contributed by atoms with Gasteiger partial charge in [0, 0.05) is 17.1 Å². The standard InChI is InChI=1S/C15H11Cl2F2NO2/c16-10-4-2-1-3-8(10)14(21)7-20-15(22)9-5-12(18)13(19)6-11(9)17/h1-6,14,21H,7H2,(H,20,22). The molecule has 0 radical (unpaired) electrons. The van der Waals surface area contributed by atoms with Gasteiger partial charge >= 0.3 is 0 Å². The predicted octanol–water partition coefficient (Wildman–Crippen LogP) is 3.74. The van der Waals surface area contributed by atoms with Gasteiger partial charge in [-0.2, -0.15) is 0 Å². The number of hydrogen-bond donors (Lipinski definition) is 2. The fourth-order valence-electron chi connectivity index (χ4n) is 1.84. The smallest absolute Gasteiger partial charge is 0.253 e. The largest absolute Gasteiger partial charge is 0.387 e. The Morgan fingerprint density at radius 2 is 1.77 bits per heavy atom. The van der Waals surface area contributed by atoms with E-state index in [1.54, 1.807) is 24.3 Å². The number of carbonyl (C=O) groups excluding carboxylic acids is 1. The van der Waals surface area contributed by atoms with Crippen molar-refractivity contribution < 1.29 is 18.7 Å². The van der Waals surface area contributed by atoms with Crippen molar-refractivity contribution in [1.82, 2.24) is 5.32 Å². The number of nitrogens with one attached hydrogen (secondary N) is 1. The van der Waals surface area contributed by atoms with Gasteiger partial charge in [-0.25, -0.2) is 8.78 Å². The molecule has 7 heteroatoms. The summed E-state index contributed by atoms with van der Waals surface area (Å²) < 4.78 is 26.1. The second-order valence-corrected chi connectivity index (χ2v) is 5.31. The molecule has 0 aliphatic rings. The van der Waals surface area contributed by atoms with Gasteiger partial charge in [0.1, 0.15) is 0 Å². The molecule has 1 unspecified atom stereocenters. The molecule has 0 heterocycles. The zero-order chi connectivity index (χ0) is 16.3. The maximum Gasteiger partial charge on any atom is 0.253 e. The molecule has 0 aliphatic heterocycles. The van der Waals surface area contributed by atoms with Gasteiger partial charge in [0.25, 0.3) is 5.91 Å². The molecule has 2 N–H and O–H groups in total. The highest BCUT2D eigenvalue weighted by molar-refractivity contribution is 6.33. The molecule has 2 rings (SSSR count). The predicted molar refractivity (Wildman–Crippen MR) is 80.1 cm³/mol. The normalized spacial score (nSPS) is 12.0. The van der Waals surface area contributed by atoms with Crippen molar-refractivity contribution in [3.8, 4) is 0 Å². The minimum Gasteiger partial charge on any atom is -0.387 e. The Morgan fingerprint density at radius 1 is 1.14 bits per heavy atom. The maximum absolute atomic E-state index is 13.2. The first-order valence-electron chi connectivity index (χ1n) is 6.25. The molecule has 1 amide bonds. The zero-order valence-electron chi connectivity index (χ0n) is 11.1. The van der Waals surface area contributed by atoms with Crippen molar-refractivity contribution in [2.45, 2.75) is 6.10 Å². The van der Waals surface area contributed by atoms with Crippen molar-refractivity contribution in [3.63, 3.8) is 0 Å². The van der Waals surface area contributed by atoms with Crippen LogP contribution in [0.3, 0.4) is 0 Å². The van der Waals surface area contributed by atoms with Gasteiger partial charge in [0.05, 0.1) is 16.7 Å². The molecule has 0 saturated heterocycles. The third kappa shape index (κ3) is 3.74. The number of carbonyl (C=O) groups is 1. The molecule has 0 aliphatic carbocycles. The number of hydrogen-bond acceptors (Lipinski definition) is 2. The van der Waals surface area contributed by atoms with Crippen LogP contribution in [0.1, 0.15) is 22.0 Å². The molecule has 0 spiro atoms. The molecule has 3 nitrogen and oxygen atoms in total. The number of halogens is 4. The highest BCUT2D eigenvalue weighted by atomic mass is 35.5. The second-order valence-electron chi connectivity index (χ2n) is 4.49. The summed E-state index contributed by atoms with van der Waals surface area (Å²) in [5.74, 6) is -3.05. The Bertz CT molecular complexity index is 710. The van der Waals surface area contributed by atoms with Gasteiger partial charge in [-0.1, -0.05) is 41.4 Å². The summed E-state index contributed by atoms with van der Waals surface area (Å²) >= 11 is 11.6. The molecule has 2 aromatic rings. The van der Waals surface area contributed by atoms with E-state index < -0.39 is 23.6 Å². The first-order valence-corrected chi connectivity index (χ1v) is 7.01. The molecule has 0 aromatic heterocycles. The average Bonchev–Trinajstić information content (AvgIpc) is 2.48. The van der Waals surface area contributed by atoms with Crippen LogP contribution in [0.5, 0.6) is 0 Å². The minimum absolute atomic E-state index is 0.155. The number of benzene rings is 2. The van der Waals surface area contributed by atoms with E-state index in [0.717, 1.165) is 6.07 Å². The summed E-state index contributed by atoms with van der Waals surface area (Å²) in [5.41, 5.74) is 0.229. The van der Waals surface area contributed by atoms with E-state index in [4.69, 9.17) is 23.2 Å². The molecule has 0 saturated carbocycles. The highest BCUT2D eigenvalue weighted by Crippen LogP contribution is 2.23. The van der Waals surface area contributed by atoms with Crippen LogP contribution in [0.4, 0.5) is 8.78 Å². The maximum atomic E-state index is 13.2. The van der Waals surface area contributed by atoms with Gasteiger partial charge in [-0.05, 0) is 18.2 Å². The number of amides is 1. The lowest BCUT2D eigenvalue weighted by molar-refractivity contribution is 0.0916. The number of aliphatic hydroxyl groups is 1. The van der Waals surface area contributed by atoms with Crippen molar-refractivity contribution in [2.24, 2.45) is 0 Å². The third-order valence-corrected chi connectivity index (χ3v) is 3.63. The molecule has 2 aromatic carbocycles. The summed E-state index contributed by atoms with van der Waals surface area (Å²) in [6.45, 7) is -0.155. The number of aliphatic hydroxyl groups excluding tert-OH is 1. The fraction of sp³-hybridized carbons (Fsp3) is 0.133. The Hall–Kier alpha value is -1.69. The summed E-state index contributed by atoms with van der Waals surface area (Å²) in [6, 6.07) is 8.04. The highest BCUT2D eigenvalue weighted by Gasteiger charge is 2.17. The van der Waals surface area contributed by atoms with E-state index in [-0.39, 0.29) is 17.1 Å². The lowest BCUT2D eigenvalue weighted by Gasteiger charge is -2.14. The second kappa shape index (κ2) is 7.05. The van der Waals surface area contributed by atoms with Crippen molar-refractivity contribution in [2.75, 3.05) is 6.54 Å². The molecule has 0 fully saturated rings. The SMILES string of the molecule is O=C(NCC(O)c1ccccc1Cl)c1cc(F)c(F)cc1Cl. The lowest BCUT2D eigenvalue weighted by Crippen LogP contribution is -2.28. The van der Waals surface area contributed by atoms with E-state index in [1.807, 2.05) is 0 Å². The Labute approximate surface area is 135 Å². The van der Waals surface area contributed by atoms with Crippen LogP contribution in [0.15, 0.2) is 36.4 Å². The Balaban J connectivity index is 2.07. The van der Waals surface area contributed by atoms with Gasteiger partial charge in [0.15, 0.2) is 11.6 Å². The molecular formula is C15H11Cl2F2NO2. The minimum atomic E-state index is -1.18. The fourth-order valence-corrected chi connectivity index (χ4v) is 2.33. The molecule has 116 valence electrons. The first kappa shape index (κ1) is 16.7.